The van der Waals surface area contributed by atoms with E-state index in [2.05, 4.69) is 4.98 Å². The van der Waals surface area contributed by atoms with E-state index in [1.165, 1.54) is 28.8 Å². The van der Waals surface area contributed by atoms with Gasteiger partial charge < -0.3 is 14.4 Å². The molecule has 0 bridgehead atoms. The number of hydrogen-bond acceptors (Lipinski definition) is 7. The number of rotatable bonds is 9. The van der Waals surface area contributed by atoms with Crippen LogP contribution >= 0.6 is 0 Å². The van der Waals surface area contributed by atoms with Crippen LogP contribution in [-0.2, 0) is 14.9 Å². The van der Waals surface area contributed by atoms with Gasteiger partial charge in [0.25, 0.3) is 5.91 Å². The molecule has 3 aromatic rings. The van der Waals surface area contributed by atoms with E-state index in [-0.39, 0.29) is 24.8 Å². The zero-order valence-electron chi connectivity index (χ0n) is 21.1. The Labute approximate surface area is 223 Å². The SMILES string of the molecule is CN(CCF)S(=O)(=O)NC(=O)c1cnc2ccc(N3C[C@@H](F)C[C@@H]3c3cc(F)ccc3OC3CCOC3)cn12. The Morgan fingerprint density at radius 3 is 2.87 bits per heavy atom. The van der Waals surface area contributed by atoms with Crippen LogP contribution in [0.4, 0.5) is 18.9 Å². The Hall–Kier alpha value is -3.36. The maximum atomic E-state index is 14.8. The molecule has 10 nitrogen and oxygen atoms in total. The quantitative estimate of drug-likeness (QED) is 0.424. The Balaban J connectivity index is 1.46. The topological polar surface area (TPSA) is 105 Å². The highest BCUT2D eigenvalue weighted by atomic mass is 32.2. The summed E-state index contributed by atoms with van der Waals surface area (Å²) in [6.07, 6.45) is 2.14. The molecule has 1 amide bonds. The molecule has 5 rings (SSSR count). The highest BCUT2D eigenvalue weighted by Crippen LogP contribution is 2.42. The van der Waals surface area contributed by atoms with Crippen LogP contribution in [0.25, 0.3) is 5.65 Å². The molecule has 1 unspecified atom stereocenters. The number of imidazole rings is 1. The fourth-order valence-electron chi connectivity index (χ4n) is 4.83. The number of carbonyl (C=O) groups is 1. The molecule has 4 heterocycles. The van der Waals surface area contributed by atoms with Gasteiger partial charge >= 0.3 is 10.2 Å². The number of hydrogen-bond donors (Lipinski definition) is 1. The molecular weight excluding hydrogens is 539 g/mol. The number of fused-ring (bicyclic) bond motifs is 1. The van der Waals surface area contributed by atoms with Gasteiger partial charge in [0, 0.05) is 44.7 Å². The molecule has 2 aliphatic heterocycles. The minimum Gasteiger partial charge on any atom is -0.488 e. The number of aromatic nitrogens is 2. The van der Waals surface area contributed by atoms with Crippen LogP contribution in [0.5, 0.6) is 5.75 Å². The summed E-state index contributed by atoms with van der Waals surface area (Å²) in [5.41, 5.74) is 1.26. The molecule has 210 valence electrons. The first-order valence-electron chi connectivity index (χ1n) is 12.4. The van der Waals surface area contributed by atoms with E-state index in [9.17, 15) is 26.4 Å². The van der Waals surface area contributed by atoms with Crippen molar-refractivity contribution in [3.05, 3.63) is 59.8 Å². The number of anilines is 1. The summed E-state index contributed by atoms with van der Waals surface area (Å²) in [5, 5.41) is 0. The molecule has 0 aliphatic carbocycles. The van der Waals surface area contributed by atoms with E-state index in [1.807, 2.05) is 4.72 Å². The summed E-state index contributed by atoms with van der Waals surface area (Å²) in [4.78, 5) is 18.8. The first kappa shape index (κ1) is 27.2. The lowest BCUT2D eigenvalue weighted by molar-refractivity contribution is 0.0973. The molecule has 1 aromatic carbocycles. The summed E-state index contributed by atoms with van der Waals surface area (Å²) in [6, 6.07) is 6.91. The third-order valence-electron chi connectivity index (χ3n) is 6.85. The number of amides is 1. The Bertz CT molecular complexity index is 1460. The normalized spacial score (nSPS) is 21.7. The third-order valence-corrected chi connectivity index (χ3v) is 8.29. The van der Waals surface area contributed by atoms with Crippen LogP contribution in [0.2, 0.25) is 0 Å². The summed E-state index contributed by atoms with van der Waals surface area (Å²) in [5.74, 6) is -1.00. The van der Waals surface area contributed by atoms with Crippen molar-refractivity contribution in [1.29, 1.82) is 0 Å². The molecule has 2 aliphatic rings. The Kier molecular flexibility index (Phi) is 7.69. The minimum absolute atomic E-state index is 0.0112. The number of carbonyl (C=O) groups excluding carboxylic acids is 1. The van der Waals surface area contributed by atoms with Crippen molar-refractivity contribution >= 4 is 27.5 Å². The van der Waals surface area contributed by atoms with Gasteiger partial charge in [0.2, 0.25) is 0 Å². The summed E-state index contributed by atoms with van der Waals surface area (Å²) < 4.78 is 82.0. The van der Waals surface area contributed by atoms with Gasteiger partial charge in [0.15, 0.2) is 0 Å². The standard InChI is InChI=1S/C25H28F3N5O5S/c1-31(8-7-26)39(35,36)30-25(34)22-12-29-24-5-3-18(14-33(22)24)32-13-17(28)11-21(32)20-10-16(27)2-4-23(20)38-19-6-9-37-15-19/h2-5,10,12,14,17,19,21H,6-9,11,13,15H2,1H3,(H,30,34)/t17-,19?,21+/m0/s1. The monoisotopic (exact) mass is 567 g/mol. The number of benzene rings is 1. The van der Waals surface area contributed by atoms with Gasteiger partial charge in [-0.05, 0) is 30.3 Å². The molecule has 0 saturated carbocycles. The van der Waals surface area contributed by atoms with Crippen molar-refractivity contribution in [3.8, 4) is 5.75 Å². The third kappa shape index (κ3) is 5.68. The molecular formula is C25H28F3N5O5S. The van der Waals surface area contributed by atoms with Crippen LogP contribution in [0.15, 0.2) is 42.7 Å². The first-order chi connectivity index (χ1) is 18.7. The van der Waals surface area contributed by atoms with Gasteiger partial charge in [0.1, 0.15) is 41.9 Å². The average Bonchev–Trinajstić information content (AvgIpc) is 3.64. The van der Waals surface area contributed by atoms with Crippen molar-refractivity contribution < 1.29 is 35.9 Å². The molecule has 14 heteroatoms. The van der Waals surface area contributed by atoms with E-state index < -0.39 is 47.4 Å². The fourth-order valence-corrected chi connectivity index (χ4v) is 5.64. The van der Waals surface area contributed by atoms with Crippen LogP contribution in [0.3, 0.4) is 0 Å². The van der Waals surface area contributed by atoms with Gasteiger partial charge in [-0.15, -0.1) is 0 Å². The van der Waals surface area contributed by atoms with Gasteiger partial charge in [-0.1, -0.05) is 0 Å². The predicted octanol–water partition coefficient (Wildman–Crippen LogP) is 2.81. The molecule has 1 N–H and O–H groups in total. The van der Waals surface area contributed by atoms with Crippen LogP contribution in [0, 0.1) is 5.82 Å². The van der Waals surface area contributed by atoms with Crippen molar-refractivity contribution in [3.63, 3.8) is 0 Å². The molecule has 2 aromatic heterocycles. The van der Waals surface area contributed by atoms with Gasteiger partial charge in [-0.2, -0.15) is 12.7 Å². The van der Waals surface area contributed by atoms with Crippen LogP contribution in [0.1, 0.15) is 34.9 Å². The molecule has 2 fully saturated rings. The van der Waals surface area contributed by atoms with Gasteiger partial charge in [0.05, 0.1) is 31.1 Å². The van der Waals surface area contributed by atoms with Crippen LogP contribution in [-0.4, -0.2) is 80.3 Å². The van der Waals surface area contributed by atoms with E-state index in [4.69, 9.17) is 9.47 Å². The number of halogens is 3. The maximum absolute atomic E-state index is 14.8. The summed E-state index contributed by atoms with van der Waals surface area (Å²) in [6.45, 7) is -0.336. The van der Waals surface area contributed by atoms with E-state index in [1.54, 1.807) is 23.2 Å². The highest BCUT2D eigenvalue weighted by Gasteiger charge is 2.36. The Morgan fingerprint density at radius 1 is 1.31 bits per heavy atom. The summed E-state index contributed by atoms with van der Waals surface area (Å²) >= 11 is 0. The molecule has 0 spiro atoms. The van der Waals surface area contributed by atoms with E-state index in [0.29, 0.717) is 46.6 Å². The lowest BCUT2D eigenvalue weighted by Gasteiger charge is -2.29. The lowest BCUT2D eigenvalue weighted by Crippen LogP contribution is -2.42. The number of pyridine rings is 1. The average molecular weight is 568 g/mol. The predicted molar refractivity (Wildman–Crippen MR) is 136 cm³/mol. The second kappa shape index (κ2) is 11.0. The van der Waals surface area contributed by atoms with Crippen molar-refractivity contribution in [1.82, 2.24) is 18.4 Å². The van der Waals surface area contributed by atoms with Crippen molar-refractivity contribution in [2.75, 3.05) is 44.9 Å². The second-order valence-electron chi connectivity index (χ2n) is 9.49. The molecule has 3 atom stereocenters. The number of nitrogens with one attached hydrogen (secondary N) is 1. The first-order valence-corrected chi connectivity index (χ1v) is 13.9. The Morgan fingerprint density at radius 2 is 2.13 bits per heavy atom. The zero-order chi connectivity index (χ0) is 27.7. The smallest absolute Gasteiger partial charge is 0.303 e. The van der Waals surface area contributed by atoms with Gasteiger partial charge in [-0.3, -0.25) is 9.20 Å². The lowest BCUT2D eigenvalue weighted by atomic mass is 10.0. The number of alkyl halides is 2. The molecule has 39 heavy (non-hydrogen) atoms. The van der Waals surface area contributed by atoms with Crippen molar-refractivity contribution in [2.24, 2.45) is 0 Å². The highest BCUT2D eigenvalue weighted by molar-refractivity contribution is 7.87. The maximum Gasteiger partial charge on any atom is 0.303 e. The number of ether oxygens (including phenoxy) is 2. The summed E-state index contributed by atoms with van der Waals surface area (Å²) in [7, 11) is -3.13. The minimum atomic E-state index is -4.28. The number of nitrogens with zero attached hydrogens (tertiary/aromatic N) is 4. The van der Waals surface area contributed by atoms with Crippen LogP contribution < -0.4 is 14.4 Å². The molecule has 2 saturated heterocycles. The van der Waals surface area contributed by atoms with Gasteiger partial charge in [-0.25, -0.2) is 22.9 Å². The largest absolute Gasteiger partial charge is 0.488 e. The fraction of sp³-hybridized carbons (Fsp3) is 0.440. The second-order valence-corrected chi connectivity index (χ2v) is 11.3. The van der Waals surface area contributed by atoms with E-state index >= 15 is 0 Å². The van der Waals surface area contributed by atoms with E-state index in [0.717, 1.165) is 7.05 Å². The zero-order valence-corrected chi connectivity index (χ0v) is 21.9. The molecule has 0 radical (unpaired) electrons. The van der Waals surface area contributed by atoms with Crippen molar-refractivity contribution in [2.45, 2.75) is 31.2 Å².